The van der Waals surface area contributed by atoms with Crippen molar-refractivity contribution in [1.29, 1.82) is 0 Å². The number of aliphatic carboxylic acids is 1. The van der Waals surface area contributed by atoms with Gasteiger partial charge in [0.25, 0.3) is 0 Å². The van der Waals surface area contributed by atoms with E-state index in [0.29, 0.717) is 12.5 Å². The highest BCUT2D eigenvalue weighted by atomic mass is 16.4. The number of carboxylic acids is 1. The highest BCUT2D eigenvalue weighted by Crippen LogP contribution is 2.49. The molecule has 5 nitrogen and oxygen atoms in total. The predicted octanol–water partition coefficient (Wildman–Crippen LogP) is 2.77. The third-order valence-electron chi connectivity index (χ3n) is 5.71. The van der Waals surface area contributed by atoms with Gasteiger partial charge in [0.15, 0.2) is 0 Å². The van der Waals surface area contributed by atoms with Gasteiger partial charge in [-0.1, -0.05) is 36.8 Å². The van der Waals surface area contributed by atoms with Crippen molar-refractivity contribution in [2.45, 2.75) is 25.8 Å². The molecule has 126 valence electrons. The predicted molar refractivity (Wildman–Crippen MR) is 91.3 cm³/mol. The summed E-state index contributed by atoms with van der Waals surface area (Å²) in [6, 6.07) is 10.2. The summed E-state index contributed by atoms with van der Waals surface area (Å²) in [4.78, 5) is 14.2. The molecule has 0 radical (unpaired) electrons. The molecule has 0 spiro atoms. The fourth-order valence-electron chi connectivity index (χ4n) is 4.60. The largest absolute Gasteiger partial charge is 0.481 e. The lowest BCUT2D eigenvalue weighted by Gasteiger charge is -2.23. The van der Waals surface area contributed by atoms with Crippen molar-refractivity contribution in [2.75, 3.05) is 13.1 Å². The van der Waals surface area contributed by atoms with Crippen LogP contribution in [0.4, 0.5) is 0 Å². The minimum atomic E-state index is -0.609. The van der Waals surface area contributed by atoms with Crippen LogP contribution in [-0.2, 0) is 18.4 Å². The number of likely N-dealkylation sites (tertiary alicyclic amines) is 1. The molecule has 5 heteroatoms. The molecule has 0 unspecified atom stereocenters. The van der Waals surface area contributed by atoms with Crippen molar-refractivity contribution in [3.63, 3.8) is 0 Å². The molecule has 1 saturated carbocycles. The SMILES string of the molecule is Cn1cc(CN2C[C@@H]3CCC[C@@]3(C(=O)O)C2)c(-c2ccccc2)n1. The van der Waals surface area contributed by atoms with E-state index in [9.17, 15) is 9.90 Å². The smallest absolute Gasteiger partial charge is 0.311 e. The second-order valence-electron chi connectivity index (χ2n) is 7.26. The van der Waals surface area contributed by atoms with Crippen LogP contribution in [0.3, 0.4) is 0 Å². The second kappa shape index (κ2) is 5.74. The number of fused-ring (bicyclic) bond motifs is 1. The Bertz CT molecular complexity index is 755. The third kappa shape index (κ3) is 2.44. The van der Waals surface area contributed by atoms with Gasteiger partial charge in [0.1, 0.15) is 0 Å². The maximum Gasteiger partial charge on any atom is 0.311 e. The molecule has 2 aromatic rings. The zero-order valence-corrected chi connectivity index (χ0v) is 14.0. The Kier molecular flexibility index (Phi) is 3.68. The minimum Gasteiger partial charge on any atom is -0.481 e. The average molecular weight is 325 g/mol. The molecule has 1 aromatic carbocycles. The van der Waals surface area contributed by atoms with E-state index in [1.54, 1.807) is 0 Å². The Hall–Kier alpha value is -2.14. The maximum absolute atomic E-state index is 11.9. The van der Waals surface area contributed by atoms with E-state index in [0.717, 1.165) is 43.6 Å². The van der Waals surface area contributed by atoms with Crippen LogP contribution >= 0.6 is 0 Å². The molecule has 1 aliphatic heterocycles. The number of carbonyl (C=O) groups is 1. The van der Waals surface area contributed by atoms with Crippen LogP contribution < -0.4 is 0 Å². The number of aromatic nitrogens is 2. The summed E-state index contributed by atoms with van der Waals surface area (Å²) >= 11 is 0. The van der Waals surface area contributed by atoms with Crippen molar-refractivity contribution in [3.8, 4) is 11.3 Å². The third-order valence-corrected chi connectivity index (χ3v) is 5.71. The first-order chi connectivity index (χ1) is 11.6. The quantitative estimate of drug-likeness (QED) is 0.939. The van der Waals surface area contributed by atoms with Crippen molar-refractivity contribution in [2.24, 2.45) is 18.4 Å². The van der Waals surface area contributed by atoms with Crippen molar-refractivity contribution < 1.29 is 9.90 Å². The van der Waals surface area contributed by atoms with Gasteiger partial charge in [-0.2, -0.15) is 5.10 Å². The summed E-state index contributed by atoms with van der Waals surface area (Å²) in [7, 11) is 1.94. The molecule has 0 amide bonds. The molecule has 1 N–H and O–H groups in total. The van der Waals surface area contributed by atoms with E-state index < -0.39 is 11.4 Å². The summed E-state index contributed by atoms with van der Waals surface area (Å²) in [5, 5.41) is 14.4. The lowest BCUT2D eigenvalue weighted by atomic mass is 9.81. The van der Waals surface area contributed by atoms with Crippen molar-refractivity contribution in [1.82, 2.24) is 14.7 Å². The average Bonchev–Trinajstić information content (AvgIpc) is 3.21. The number of nitrogens with zero attached hydrogens (tertiary/aromatic N) is 3. The minimum absolute atomic E-state index is 0.298. The molecule has 2 atom stereocenters. The highest BCUT2D eigenvalue weighted by molar-refractivity contribution is 5.76. The Balaban J connectivity index is 1.58. The highest BCUT2D eigenvalue weighted by Gasteiger charge is 2.54. The molecule has 2 aliphatic rings. The van der Waals surface area contributed by atoms with Crippen LogP contribution in [0, 0.1) is 11.3 Å². The molecule has 24 heavy (non-hydrogen) atoms. The van der Waals surface area contributed by atoms with Crippen LogP contribution in [0.15, 0.2) is 36.5 Å². The van der Waals surface area contributed by atoms with Gasteiger partial charge in [-0.15, -0.1) is 0 Å². The summed E-state index contributed by atoms with van der Waals surface area (Å²) in [6.45, 7) is 2.31. The summed E-state index contributed by atoms with van der Waals surface area (Å²) < 4.78 is 1.85. The lowest BCUT2D eigenvalue weighted by molar-refractivity contribution is -0.149. The molecule has 1 aliphatic carbocycles. The van der Waals surface area contributed by atoms with E-state index in [2.05, 4.69) is 28.3 Å². The summed E-state index contributed by atoms with van der Waals surface area (Å²) in [5.41, 5.74) is 2.76. The Morgan fingerprint density at radius 2 is 2.17 bits per heavy atom. The van der Waals surface area contributed by atoms with Crippen molar-refractivity contribution >= 4 is 5.97 Å². The zero-order valence-electron chi connectivity index (χ0n) is 14.0. The van der Waals surface area contributed by atoms with Gasteiger partial charge in [-0.25, -0.2) is 0 Å². The number of benzene rings is 1. The van der Waals surface area contributed by atoms with Crippen LogP contribution in [0.5, 0.6) is 0 Å². The topological polar surface area (TPSA) is 58.4 Å². The standard InChI is InChI=1S/C19H23N3O2/c1-21-10-15(17(20-21)14-6-3-2-4-7-14)11-22-12-16-8-5-9-19(16,13-22)18(23)24/h2-4,6-7,10,16H,5,8-9,11-13H2,1H3,(H,23,24)/t16-,19+/m0/s1. The van der Waals surface area contributed by atoms with Crippen molar-refractivity contribution in [3.05, 3.63) is 42.1 Å². The molecule has 0 bridgehead atoms. The first kappa shape index (κ1) is 15.4. The van der Waals surface area contributed by atoms with Crippen LogP contribution in [0.1, 0.15) is 24.8 Å². The van der Waals surface area contributed by atoms with Gasteiger partial charge in [0.2, 0.25) is 0 Å². The van der Waals surface area contributed by atoms with Gasteiger partial charge in [-0.3, -0.25) is 14.4 Å². The van der Waals surface area contributed by atoms with E-state index in [4.69, 9.17) is 0 Å². The van der Waals surface area contributed by atoms with Crippen LogP contribution in [-0.4, -0.2) is 38.8 Å². The van der Waals surface area contributed by atoms with Gasteiger partial charge >= 0.3 is 5.97 Å². The van der Waals surface area contributed by atoms with Gasteiger partial charge in [-0.05, 0) is 18.8 Å². The molecule has 2 fully saturated rings. The Morgan fingerprint density at radius 3 is 2.88 bits per heavy atom. The normalized spacial score (nSPS) is 26.6. The number of aryl methyl sites for hydroxylation is 1. The van der Waals surface area contributed by atoms with Gasteiger partial charge in [0, 0.05) is 44.0 Å². The second-order valence-corrected chi connectivity index (χ2v) is 7.26. The number of rotatable bonds is 4. The fourth-order valence-corrected chi connectivity index (χ4v) is 4.60. The maximum atomic E-state index is 11.9. The lowest BCUT2D eigenvalue weighted by Crippen LogP contribution is -2.35. The summed E-state index contributed by atoms with van der Waals surface area (Å²) in [5.74, 6) is -0.311. The first-order valence-electron chi connectivity index (χ1n) is 8.62. The van der Waals surface area contributed by atoms with E-state index in [-0.39, 0.29) is 0 Å². The summed E-state index contributed by atoms with van der Waals surface area (Å²) in [6.07, 6.45) is 4.97. The first-order valence-corrected chi connectivity index (χ1v) is 8.62. The molecule has 4 rings (SSSR count). The van der Waals surface area contributed by atoms with Gasteiger partial charge < -0.3 is 5.11 Å². The number of hydrogen-bond acceptors (Lipinski definition) is 3. The molecule has 1 aromatic heterocycles. The monoisotopic (exact) mass is 325 g/mol. The van der Waals surface area contributed by atoms with Crippen LogP contribution in [0.25, 0.3) is 11.3 Å². The fraction of sp³-hybridized carbons (Fsp3) is 0.474. The molecular weight excluding hydrogens is 302 g/mol. The van der Waals surface area contributed by atoms with Crippen LogP contribution in [0.2, 0.25) is 0 Å². The molecule has 1 saturated heterocycles. The molecular formula is C19H23N3O2. The van der Waals surface area contributed by atoms with Gasteiger partial charge in [0.05, 0.1) is 11.1 Å². The van der Waals surface area contributed by atoms with E-state index in [1.807, 2.05) is 29.9 Å². The number of carboxylic acid groups (broad SMARTS) is 1. The molecule has 2 heterocycles. The zero-order chi connectivity index (χ0) is 16.7. The Morgan fingerprint density at radius 1 is 1.38 bits per heavy atom. The number of hydrogen-bond donors (Lipinski definition) is 1. The van der Waals surface area contributed by atoms with E-state index >= 15 is 0 Å². The Labute approximate surface area is 141 Å². The van der Waals surface area contributed by atoms with E-state index in [1.165, 1.54) is 5.56 Å².